The molecule has 130 valence electrons. The van der Waals surface area contributed by atoms with Gasteiger partial charge in [-0.25, -0.2) is 9.37 Å². The van der Waals surface area contributed by atoms with E-state index in [0.29, 0.717) is 30.4 Å². The second-order valence-electron chi connectivity index (χ2n) is 5.01. The third-order valence-corrected chi connectivity index (χ3v) is 3.21. The van der Waals surface area contributed by atoms with Crippen LogP contribution in [0.5, 0.6) is 0 Å². The zero-order chi connectivity index (χ0) is 15.4. The molecule has 6 nitrogen and oxygen atoms in total. The lowest BCUT2D eigenvalue weighted by Crippen LogP contribution is -2.47. The molecule has 0 saturated heterocycles. The molecule has 2 rings (SSSR count). The van der Waals surface area contributed by atoms with Crippen molar-refractivity contribution in [3.05, 3.63) is 29.8 Å². The van der Waals surface area contributed by atoms with Gasteiger partial charge in [0.25, 0.3) is 0 Å². The Hall–Kier alpha value is -1.41. The van der Waals surface area contributed by atoms with E-state index in [2.05, 4.69) is 15.3 Å². The zero-order valence-electron chi connectivity index (χ0n) is 12.6. The average Bonchev–Trinajstić information content (AvgIpc) is 2.84. The fraction of sp³-hybridized carbons (Fsp3) is 0.429. The molecule has 0 aliphatic carbocycles. The van der Waals surface area contributed by atoms with Gasteiger partial charge in [0.05, 0.1) is 17.1 Å². The largest absolute Gasteiger partial charge is 0.391 e. The molecule has 0 spiro atoms. The lowest BCUT2D eigenvalue weighted by Gasteiger charge is -2.14. The topological polar surface area (TPSA) is 104 Å². The van der Waals surface area contributed by atoms with Crippen molar-refractivity contribution in [2.24, 2.45) is 5.73 Å². The van der Waals surface area contributed by atoms with Crippen molar-refractivity contribution < 1.29 is 14.3 Å². The van der Waals surface area contributed by atoms with Crippen molar-refractivity contribution in [1.82, 2.24) is 15.3 Å². The number of rotatable bonds is 6. The Balaban J connectivity index is 0.00000242. The van der Waals surface area contributed by atoms with Crippen molar-refractivity contribution in [3.63, 3.8) is 0 Å². The number of hydrogen-bond acceptors (Lipinski definition) is 4. The van der Waals surface area contributed by atoms with Crippen molar-refractivity contribution in [1.29, 1.82) is 0 Å². The van der Waals surface area contributed by atoms with E-state index in [0.717, 1.165) is 5.82 Å². The maximum absolute atomic E-state index is 13.1. The van der Waals surface area contributed by atoms with E-state index in [9.17, 15) is 14.3 Å². The number of hydrogen-bond donors (Lipinski definition) is 4. The summed E-state index contributed by atoms with van der Waals surface area (Å²) in [6, 6.07) is 3.47. The number of H-pyrrole nitrogens is 1. The summed E-state index contributed by atoms with van der Waals surface area (Å²) in [5.74, 6) is 0.0541. The number of benzene rings is 1. The van der Waals surface area contributed by atoms with Crippen LogP contribution in [0.4, 0.5) is 4.39 Å². The fourth-order valence-electron chi connectivity index (χ4n) is 1.96. The first kappa shape index (κ1) is 21.6. The number of nitrogens with two attached hydrogens (primary N) is 1. The minimum Gasteiger partial charge on any atom is -0.391 e. The minimum absolute atomic E-state index is 0. The van der Waals surface area contributed by atoms with Crippen molar-refractivity contribution in [3.8, 4) is 0 Å². The van der Waals surface area contributed by atoms with E-state index in [4.69, 9.17) is 5.73 Å². The molecule has 1 aromatic heterocycles. The molecule has 2 aromatic rings. The van der Waals surface area contributed by atoms with Gasteiger partial charge in [-0.2, -0.15) is 0 Å². The summed E-state index contributed by atoms with van der Waals surface area (Å²) in [4.78, 5) is 18.9. The van der Waals surface area contributed by atoms with Gasteiger partial charge in [0, 0.05) is 13.0 Å². The lowest BCUT2D eigenvalue weighted by atomic mass is 10.2. The van der Waals surface area contributed by atoms with Gasteiger partial charge in [-0.3, -0.25) is 4.79 Å². The number of aryl methyl sites for hydroxylation is 1. The number of aromatic amines is 1. The first-order chi connectivity index (χ1) is 9.97. The number of aromatic nitrogens is 2. The Morgan fingerprint density at radius 2 is 2.17 bits per heavy atom. The molecule has 1 heterocycles. The van der Waals surface area contributed by atoms with Crippen LogP contribution in [0.15, 0.2) is 18.2 Å². The molecule has 0 aliphatic heterocycles. The number of aliphatic hydroxyl groups excluding tert-OH is 1. The molecule has 5 N–H and O–H groups in total. The molecule has 0 fully saturated rings. The predicted octanol–water partition coefficient (Wildman–Crippen LogP) is 1.30. The minimum atomic E-state index is -0.917. The summed E-state index contributed by atoms with van der Waals surface area (Å²) in [6.07, 6.45) is 0.413. The quantitative estimate of drug-likeness (QED) is 0.578. The number of carbonyl (C=O) groups is 1. The SMILES string of the molecule is C[C@@H](O)[C@H](N)C(=O)NCCCc1nc2ccc(F)cc2[nH]1.Cl.Cl. The molecule has 0 aliphatic rings. The number of nitrogens with zero attached hydrogens (tertiary/aromatic N) is 1. The summed E-state index contributed by atoms with van der Waals surface area (Å²) in [7, 11) is 0. The van der Waals surface area contributed by atoms with Crippen LogP contribution in [0.2, 0.25) is 0 Å². The average molecular weight is 367 g/mol. The molecule has 0 saturated carbocycles. The van der Waals surface area contributed by atoms with E-state index in [1.54, 1.807) is 6.07 Å². The van der Waals surface area contributed by atoms with Crippen molar-refractivity contribution in [2.45, 2.75) is 31.9 Å². The summed E-state index contributed by atoms with van der Waals surface area (Å²) in [5, 5.41) is 11.8. The van der Waals surface area contributed by atoms with Crippen LogP contribution < -0.4 is 11.1 Å². The number of aliphatic hydroxyl groups is 1. The first-order valence-corrected chi connectivity index (χ1v) is 6.83. The maximum Gasteiger partial charge on any atom is 0.239 e. The van der Waals surface area contributed by atoms with Crippen LogP contribution in [-0.4, -0.2) is 39.7 Å². The van der Waals surface area contributed by atoms with Crippen LogP contribution in [0.1, 0.15) is 19.2 Å². The van der Waals surface area contributed by atoms with Crippen LogP contribution in [0.3, 0.4) is 0 Å². The Labute approximate surface area is 145 Å². The monoisotopic (exact) mass is 366 g/mol. The van der Waals surface area contributed by atoms with E-state index in [1.165, 1.54) is 19.1 Å². The van der Waals surface area contributed by atoms with Crippen LogP contribution in [-0.2, 0) is 11.2 Å². The number of fused-ring (bicyclic) bond motifs is 1. The summed E-state index contributed by atoms with van der Waals surface area (Å²) < 4.78 is 13.1. The van der Waals surface area contributed by atoms with E-state index < -0.39 is 12.1 Å². The highest BCUT2D eigenvalue weighted by Gasteiger charge is 2.17. The molecule has 23 heavy (non-hydrogen) atoms. The molecule has 0 radical (unpaired) electrons. The maximum atomic E-state index is 13.1. The van der Waals surface area contributed by atoms with Gasteiger partial charge in [0.15, 0.2) is 0 Å². The number of nitrogens with one attached hydrogen (secondary N) is 2. The van der Waals surface area contributed by atoms with Gasteiger partial charge in [-0.1, -0.05) is 0 Å². The highest BCUT2D eigenvalue weighted by Crippen LogP contribution is 2.13. The predicted molar refractivity (Wildman–Crippen MR) is 91.5 cm³/mol. The number of halogens is 3. The Kier molecular flexibility index (Phi) is 9.07. The highest BCUT2D eigenvalue weighted by molar-refractivity contribution is 5.85. The molecule has 1 amide bonds. The van der Waals surface area contributed by atoms with Crippen LogP contribution in [0, 0.1) is 5.82 Å². The lowest BCUT2D eigenvalue weighted by molar-refractivity contribution is -0.124. The Bertz CT molecular complexity index is 636. The van der Waals surface area contributed by atoms with Gasteiger partial charge in [-0.05, 0) is 31.5 Å². The second kappa shape index (κ2) is 9.67. The van der Waals surface area contributed by atoms with Gasteiger partial charge in [0.2, 0.25) is 5.91 Å². The molecule has 1 aromatic carbocycles. The molecule has 0 unspecified atom stereocenters. The molecule has 2 atom stereocenters. The smallest absolute Gasteiger partial charge is 0.239 e. The summed E-state index contributed by atoms with van der Waals surface area (Å²) in [5.41, 5.74) is 6.87. The molecule has 0 bridgehead atoms. The number of carbonyl (C=O) groups excluding carboxylic acids is 1. The third kappa shape index (κ3) is 5.95. The number of amides is 1. The van der Waals surface area contributed by atoms with Crippen molar-refractivity contribution >= 4 is 41.8 Å². The third-order valence-electron chi connectivity index (χ3n) is 3.21. The van der Waals surface area contributed by atoms with Crippen LogP contribution >= 0.6 is 24.8 Å². The fourth-order valence-corrected chi connectivity index (χ4v) is 1.96. The molecular formula is C14H21Cl2FN4O2. The van der Waals surface area contributed by atoms with E-state index in [-0.39, 0.29) is 36.5 Å². The summed E-state index contributed by atoms with van der Waals surface area (Å²) in [6.45, 7) is 1.91. The van der Waals surface area contributed by atoms with E-state index >= 15 is 0 Å². The van der Waals surface area contributed by atoms with Crippen molar-refractivity contribution in [2.75, 3.05) is 6.54 Å². The normalized spacial score (nSPS) is 12.9. The number of imidazole rings is 1. The van der Waals surface area contributed by atoms with Gasteiger partial charge >= 0.3 is 0 Å². The Morgan fingerprint density at radius 3 is 2.83 bits per heavy atom. The Morgan fingerprint density at radius 1 is 1.48 bits per heavy atom. The zero-order valence-corrected chi connectivity index (χ0v) is 14.2. The molecular weight excluding hydrogens is 346 g/mol. The summed E-state index contributed by atoms with van der Waals surface area (Å²) >= 11 is 0. The van der Waals surface area contributed by atoms with Gasteiger partial charge in [0.1, 0.15) is 17.7 Å². The second-order valence-corrected chi connectivity index (χ2v) is 5.01. The van der Waals surface area contributed by atoms with Crippen LogP contribution in [0.25, 0.3) is 11.0 Å². The van der Waals surface area contributed by atoms with E-state index in [1.807, 2.05) is 0 Å². The van der Waals surface area contributed by atoms with Gasteiger partial charge < -0.3 is 21.1 Å². The molecule has 9 heteroatoms. The first-order valence-electron chi connectivity index (χ1n) is 6.83. The standard InChI is InChI=1S/C14H19FN4O2.2ClH/c1-8(20)13(16)14(21)17-6-2-3-12-18-10-5-4-9(15)7-11(10)19-12;;/h4-5,7-8,13,20H,2-3,6,16H2,1H3,(H,17,21)(H,18,19);2*1H/t8-,13+;;/m1../s1. The highest BCUT2D eigenvalue weighted by atomic mass is 35.5. The van der Waals surface area contributed by atoms with Gasteiger partial charge in [-0.15, -0.1) is 24.8 Å².